The van der Waals surface area contributed by atoms with E-state index in [9.17, 15) is 22.0 Å². The molecule has 0 saturated heterocycles. The summed E-state index contributed by atoms with van der Waals surface area (Å²) in [6, 6.07) is 24.5. The first-order valence-electron chi connectivity index (χ1n) is 27.4. The number of aromatic nitrogens is 8. The van der Waals surface area contributed by atoms with Crippen molar-refractivity contribution in [1.82, 2.24) is 39.2 Å². The number of anilines is 5. The van der Waals surface area contributed by atoms with E-state index in [0.717, 1.165) is 118 Å². The summed E-state index contributed by atoms with van der Waals surface area (Å²) >= 11 is 7.18. The van der Waals surface area contributed by atoms with Crippen LogP contribution in [-0.4, -0.2) is 70.5 Å². The minimum absolute atomic E-state index is 0.138. The smallest absolute Gasteiger partial charge is 0.257 e. The van der Waals surface area contributed by atoms with E-state index in [1.165, 1.54) is 18.2 Å². The second-order valence-corrected chi connectivity index (χ2v) is 23.3. The molecule has 4 aliphatic heterocycles. The van der Waals surface area contributed by atoms with Gasteiger partial charge in [0.25, 0.3) is 11.6 Å². The Morgan fingerprint density at radius 2 is 1.06 bits per heavy atom. The summed E-state index contributed by atoms with van der Waals surface area (Å²) in [5, 5.41) is 20.5. The molecule has 0 unspecified atom stereocenters. The van der Waals surface area contributed by atoms with Crippen molar-refractivity contribution in [1.29, 1.82) is 0 Å². The lowest BCUT2D eigenvalue weighted by atomic mass is 9.95. The van der Waals surface area contributed by atoms with Crippen molar-refractivity contribution >= 4 is 106 Å². The molecule has 84 heavy (non-hydrogen) atoms. The molecule has 10 aromatic rings. The highest BCUT2D eigenvalue weighted by atomic mass is 79.9. The van der Waals surface area contributed by atoms with E-state index >= 15 is 4.39 Å². The maximum atomic E-state index is 15.2. The molecule has 1 saturated carbocycles. The first kappa shape index (κ1) is 54.8. The molecule has 424 valence electrons. The zero-order valence-corrected chi connectivity index (χ0v) is 48.7. The van der Waals surface area contributed by atoms with Gasteiger partial charge >= 0.3 is 0 Å². The van der Waals surface area contributed by atoms with Gasteiger partial charge in [-0.05, 0) is 149 Å². The molecule has 0 amide bonds. The van der Waals surface area contributed by atoms with Crippen LogP contribution in [0.1, 0.15) is 84.1 Å². The van der Waals surface area contributed by atoms with Crippen LogP contribution in [0.3, 0.4) is 0 Å². The quantitative estimate of drug-likeness (QED) is 0.0768. The van der Waals surface area contributed by atoms with Crippen molar-refractivity contribution in [2.75, 3.05) is 34.3 Å². The standard InChI is InChI=1S/C25H21F2N5.C19H14BrF2N5.C18H15BrF2N4/c1-15-29-30-24-28-23(22-19(27)13-17(26)14-21(22)32(15)24)31-12-4-6-18-16(5-3-7-20(18)31)8-9-25(2)10-11-25;1-10-24-25-19-23-18(17-14(22)8-11(21)9-16(17)27(10)19)26-7-3-4-12-13(20)5-2-6-15(12)26;19-13-4-1-5-15-12(13)3-2-6-25(15)18-17-10(8-16(23-18)24-22)7-11(20)9-14(17)21/h3,5,7,13-14H,4,6,10-12H2,1-2H3;2,5-6,8-9H,3-4,7H2,1H3;1,4-5,7,9H,2-3,6,8,22H2/b;;24-16+. The Kier molecular flexibility index (Phi) is 14.1. The van der Waals surface area contributed by atoms with Gasteiger partial charge < -0.3 is 20.5 Å². The highest BCUT2D eigenvalue weighted by Crippen LogP contribution is 2.45. The third-order valence-electron chi connectivity index (χ3n) is 16.0. The molecule has 22 heteroatoms. The molecule has 0 radical (unpaired) electrons. The summed E-state index contributed by atoms with van der Waals surface area (Å²) in [6.07, 6.45) is 7.94. The molecule has 14 nitrogen and oxygen atoms in total. The number of nitrogens with two attached hydrogens (primary N) is 1. The Hall–Kier alpha value is -8.42. The number of benzene rings is 6. The van der Waals surface area contributed by atoms with Crippen LogP contribution in [0, 0.1) is 66.0 Å². The van der Waals surface area contributed by atoms with E-state index in [-0.39, 0.29) is 22.6 Å². The number of fused-ring (bicyclic) bond motifs is 10. The van der Waals surface area contributed by atoms with Gasteiger partial charge in [-0.15, -0.1) is 20.4 Å². The van der Waals surface area contributed by atoms with Gasteiger partial charge in [-0.3, -0.25) is 8.80 Å². The Morgan fingerprint density at radius 1 is 0.583 bits per heavy atom. The average molecular weight is 1260 g/mol. The number of amidine groups is 2. The zero-order chi connectivity index (χ0) is 58.3. The maximum Gasteiger partial charge on any atom is 0.257 e. The van der Waals surface area contributed by atoms with E-state index in [1.807, 2.05) is 69.3 Å². The molecule has 0 bridgehead atoms. The molecule has 15 rings (SSSR count). The van der Waals surface area contributed by atoms with E-state index in [0.29, 0.717) is 88.3 Å². The summed E-state index contributed by atoms with van der Waals surface area (Å²) in [5.41, 5.74) is 9.06. The van der Waals surface area contributed by atoms with Gasteiger partial charge in [0, 0.05) is 81.2 Å². The number of hydrazone groups is 1. The van der Waals surface area contributed by atoms with Crippen LogP contribution >= 0.6 is 31.9 Å². The number of hydrogen-bond acceptors (Lipinski definition) is 11. The first-order chi connectivity index (χ1) is 40.6. The van der Waals surface area contributed by atoms with Gasteiger partial charge in [-0.25, -0.2) is 31.3 Å². The summed E-state index contributed by atoms with van der Waals surface area (Å²) in [7, 11) is 0. The Morgan fingerprint density at radius 3 is 1.60 bits per heavy atom. The third kappa shape index (κ3) is 9.83. The van der Waals surface area contributed by atoms with Gasteiger partial charge in [0.15, 0.2) is 5.84 Å². The largest absolute Gasteiger partial charge is 0.325 e. The molecular weight excluding hydrogens is 1210 g/mol. The van der Waals surface area contributed by atoms with Crippen LogP contribution in [0.25, 0.3) is 33.4 Å². The number of nitrogens with zero attached hydrogens (tertiary/aromatic N) is 13. The second-order valence-electron chi connectivity index (χ2n) is 21.6. The molecule has 4 aromatic heterocycles. The van der Waals surface area contributed by atoms with E-state index < -0.39 is 34.9 Å². The molecule has 6 aromatic carbocycles. The second kappa shape index (κ2) is 21.6. The number of aliphatic imine (C=N–C) groups is 1. The van der Waals surface area contributed by atoms with Gasteiger partial charge in [0.05, 0.1) is 27.4 Å². The SMILES string of the molecule is Cc1nnc2nc(N3CCCc4c(Br)cccc43)c3c(F)cc(F)cc3n12.Cc1nnc2nc(N3CCCc4c(C#CC5(C)CC5)cccc43)c3c(F)cc(F)cc3n12.N/N=C1\Cc2cc(F)cc(F)c2C(N2CCCc3c(Br)cccc32)=N1. The van der Waals surface area contributed by atoms with Gasteiger partial charge in [0.2, 0.25) is 0 Å². The van der Waals surface area contributed by atoms with Crippen LogP contribution in [-0.2, 0) is 25.7 Å². The topological polar surface area (TPSA) is 147 Å². The van der Waals surface area contributed by atoms with Crippen molar-refractivity contribution in [3.05, 3.63) is 180 Å². The average Bonchev–Trinajstić information content (AvgIpc) is 2.14. The number of aryl methyl sites for hydroxylation is 2. The van der Waals surface area contributed by atoms with Crippen molar-refractivity contribution in [2.45, 2.75) is 78.6 Å². The molecule has 2 N–H and O–H groups in total. The lowest BCUT2D eigenvalue weighted by molar-refractivity contribution is 0.578. The number of hydrogen-bond donors (Lipinski definition) is 1. The molecule has 0 spiro atoms. The lowest BCUT2D eigenvalue weighted by Gasteiger charge is -2.34. The molecule has 8 heterocycles. The normalized spacial score (nSPS) is 16.2. The lowest BCUT2D eigenvalue weighted by Crippen LogP contribution is -2.40. The van der Waals surface area contributed by atoms with Crippen molar-refractivity contribution in [2.24, 2.45) is 21.4 Å². The van der Waals surface area contributed by atoms with Crippen LogP contribution in [0.4, 0.5) is 55.0 Å². The van der Waals surface area contributed by atoms with Gasteiger partial charge in [-0.2, -0.15) is 15.1 Å². The Bertz CT molecular complexity index is 4510. The molecule has 1 aliphatic carbocycles. The van der Waals surface area contributed by atoms with Gasteiger partial charge in [0.1, 0.15) is 64.0 Å². The summed E-state index contributed by atoms with van der Waals surface area (Å²) in [4.78, 5) is 19.7. The summed E-state index contributed by atoms with van der Waals surface area (Å²) in [6.45, 7) is 7.71. The van der Waals surface area contributed by atoms with Crippen molar-refractivity contribution in [3.8, 4) is 11.8 Å². The Balaban J connectivity index is 0.000000119. The fourth-order valence-corrected chi connectivity index (χ4v) is 12.9. The fraction of sp³-hybridized carbons (Fsp3) is 0.258. The van der Waals surface area contributed by atoms with Crippen LogP contribution in [0.2, 0.25) is 0 Å². The summed E-state index contributed by atoms with van der Waals surface area (Å²) in [5.74, 6) is 11.7. The molecular formula is C62H50Br2F6N14. The number of rotatable bonds is 2. The van der Waals surface area contributed by atoms with Crippen molar-refractivity contribution < 1.29 is 26.3 Å². The minimum atomic E-state index is -0.651. The van der Waals surface area contributed by atoms with Crippen LogP contribution < -0.4 is 20.5 Å². The zero-order valence-electron chi connectivity index (χ0n) is 45.6. The maximum absolute atomic E-state index is 15.2. The van der Waals surface area contributed by atoms with E-state index in [4.69, 9.17) is 5.84 Å². The molecule has 1 fully saturated rings. The Labute approximate surface area is 494 Å². The van der Waals surface area contributed by atoms with Crippen LogP contribution in [0.15, 0.2) is 110 Å². The number of halogens is 8. The predicted octanol–water partition coefficient (Wildman–Crippen LogP) is 13.6. The van der Waals surface area contributed by atoms with E-state index in [2.05, 4.69) is 91.1 Å². The van der Waals surface area contributed by atoms with Gasteiger partial charge in [-0.1, -0.05) is 61.9 Å². The third-order valence-corrected chi connectivity index (χ3v) is 17.5. The molecule has 0 atom stereocenters. The monoisotopic (exact) mass is 1260 g/mol. The van der Waals surface area contributed by atoms with Crippen LogP contribution in [0.5, 0.6) is 0 Å². The highest BCUT2D eigenvalue weighted by molar-refractivity contribution is 9.10. The predicted molar refractivity (Wildman–Crippen MR) is 319 cm³/mol. The first-order valence-corrected chi connectivity index (χ1v) is 29.0. The molecule has 5 aliphatic rings. The van der Waals surface area contributed by atoms with E-state index in [1.54, 1.807) is 22.6 Å². The highest BCUT2D eigenvalue weighted by Gasteiger charge is 2.36. The van der Waals surface area contributed by atoms with Crippen molar-refractivity contribution in [3.63, 3.8) is 0 Å². The minimum Gasteiger partial charge on any atom is -0.325 e. The fourth-order valence-electron chi connectivity index (χ4n) is 11.8. The summed E-state index contributed by atoms with van der Waals surface area (Å²) < 4.78 is 91.7.